The van der Waals surface area contributed by atoms with Crippen LogP contribution in [0.25, 0.3) is 27.8 Å². The molecule has 0 unspecified atom stereocenters. The van der Waals surface area contributed by atoms with E-state index >= 15 is 0 Å². The molecule has 4 aromatic rings. The van der Waals surface area contributed by atoms with Gasteiger partial charge in [-0.05, 0) is 31.1 Å². The summed E-state index contributed by atoms with van der Waals surface area (Å²) < 4.78 is 3.59. The molecule has 1 aromatic carbocycles. The number of hydrogen-bond acceptors (Lipinski definition) is 6. The maximum Gasteiger partial charge on any atom is 0.252 e. The molecule has 0 aliphatic carbocycles. The normalized spacial score (nSPS) is 15.7. The van der Waals surface area contributed by atoms with Gasteiger partial charge in [0.1, 0.15) is 11.5 Å². The lowest BCUT2D eigenvalue weighted by Gasteiger charge is -2.32. The third-order valence-electron chi connectivity index (χ3n) is 6.49. The zero-order valence-electron chi connectivity index (χ0n) is 19.5. The van der Waals surface area contributed by atoms with Crippen LogP contribution in [0.4, 0.5) is 5.82 Å². The molecule has 1 aliphatic rings. The molecule has 0 saturated carbocycles. The van der Waals surface area contributed by atoms with Crippen molar-refractivity contribution >= 4 is 28.5 Å². The highest BCUT2D eigenvalue weighted by Gasteiger charge is 2.29. The number of benzene rings is 1. The first-order chi connectivity index (χ1) is 17.4. The highest BCUT2D eigenvalue weighted by Crippen LogP contribution is 2.36. The van der Waals surface area contributed by atoms with Crippen LogP contribution < -0.4 is 16.9 Å². The van der Waals surface area contributed by atoms with Gasteiger partial charge in [0.15, 0.2) is 5.43 Å². The van der Waals surface area contributed by atoms with E-state index in [1.54, 1.807) is 22.0 Å². The van der Waals surface area contributed by atoms with Gasteiger partial charge in [0.25, 0.3) is 5.91 Å². The summed E-state index contributed by atoms with van der Waals surface area (Å²) in [6.45, 7) is 4.65. The van der Waals surface area contributed by atoms with Crippen molar-refractivity contribution in [3.63, 3.8) is 0 Å². The standard InChI is InChI=1S/C26H25N7O3/c1-2-21(35)32-11-3-4-18(15-32)33-24-20(26(28)36)14-29-25(27)22(24)23(30-33)16-5-7-17(8-6-16)31-12-9-19(34)10-13-31/h2,5-10,12-14,18H,1,3-4,11,15H2,(H2,27,29)(H2,28,36)/t18-/m1/s1. The van der Waals surface area contributed by atoms with Gasteiger partial charge in [-0.15, -0.1) is 0 Å². The number of hydrogen-bond donors (Lipinski definition) is 2. The first kappa shape index (κ1) is 23.0. The molecule has 4 heterocycles. The number of carbonyl (C=O) groups excluding carboxylic acids is 2. The molecule has 0 bridgehead atoms. The Bertz CT molecular complexity index is 1530. The molecule has 4 N–H and O–H groups in total. The van der Waals surface area contributed by atoms with Crippen LogP contribution in [-0.4, -0.2) is 49.1 Å². The summed E-state index contributed by atoms with van der Waals surface area (Å²) in [5.41, 5.74) is 14.9. The van der Waals surface area contributed by atoms with Crippen molar-refractivity contribution in [3.8, 4) is 16.9 Å². The Morgan fingerprint density at radius 2 is 1.83 bits per heavy atom. The second-order valence-electron chi connectivity index (χ2n) is 8.71. The average Bonchev–Trinajstić information content (AvgIpc) is 3.30. The average molecular weight is 484 g/mol. The Hall–Kier alpha value is -4.73. The van der Waals surface area contributed by atoms with Crippen LogP contribution >= 0.6 is 0 Å². The van der Waals surface area contributed by atoms with E-state index in [1.807, 2.05) is 28.8 Å². The van der Waals surface area contributed by atoms with Crippen molar-refractivity contribution in [1.29, 1.82) is 0 Å². The number of carbonyl (C=O) groups is 2. The predicted octanol–water partition coefficient (Wildman–Crippen LogP) is 2.28. The predicted molar refractivity (Wildman–Crippen MR) is 137 cm³/mol. The van der Waals surface area contributed by atoms with Gasteiger partial charge in [-0.2, -0.15) is 5.10 Å². The number of rotatable bonds is 5. The van der Waals surface area contributed by atoms with Gasteiger partial charge >= 0.3 is 0 Å². The zero-order chi connectivity index (χ0) is 25.4. The lowest BCUT2D eigenvalue weighted by molar-refractivity contribution is -0.127. The molecule has 36 heavy (non-hydrogen) atoms. The number of fused-ring (bicyclic) bond motifs is 1. The van der Waals surface area contributed by atoms with E-state index in [0.29, 0.717) is 29.7 Å². The molecular weight excluding hydrogens is 458 g/mol. The second-order valence-corrected chi connectivity index (χ2v) is 8.71. The molecule has 1 aliphatic heterocycles. The van der Waals surface area contributed by atoms with Crippen molar-refractivity contribution in [2.75, 3.05) is 18.8 Å². The number of pyridine rings is 2. The van der Waals surface area contributed by atoms with Gasteiger partial charge in [-0.3, -0.25) is 19.1 Å². The monoisotopic (exact) mass is 483 g/mol. The molecule has 10 heteroatoms. The number of amides is 2. The van der Waals surface area contributed by atoms with Gasteiger partial charge in [0, 0.05) is 55.1 Å². The topological polar surface area (TPSA) is 142 Å². The molecule has 2 amide bonds. The summed E-state index contributed by atoms with van der Waals surface area (Å²) >= 11 is 0. The van der Waals surface area contributed by atoms with Crippen molar-refractivity contribution < 1.29 is 9.59 Å². The van der Waals surface area contributed by atoms with Gasteiger partial charge < -0.3 is 20.9 Å². The summed E-state index contributed by atoms with van der Waals surface area (Å²) in [6.07, 6.45) is 7.61. The summed E-state index contributed by atoms with van der Waals surface area (Å²) in [5, 5.41) is 5.43. The van der Waals surface area contributed by atoms with E-state index in [1.165, 1.54) is 24.4 Å². The van der Waals surface area contributed by atoms with Gasteiger partial charge in [-0.1, -0.05) is 18.7 Å². The highest BCUT2D eigenvalue weighted by atomic mass is 16.2. The Balaban J connectivity index is 1.64. The maximum absolute atomic E-state index is 12.3. The number of nitrogens with zero attached hydrogens (tertiary/aromatic N) is 5. The molecule has 182 valence electrons. The van der Waals surface area contributed by atoms with E-state index in [4.69, 9.17) is 16.6 Å². The van der Waals surface area contributed by atoms with Crippen molar-refractivity contribution in [3.05, 3.63) is 83.4 Å². The number of piperidine rings is 1. The number of nitrogen functional groups attached to an aromatic ring is 1. The number of likely N-dealkylation sites (tertiary alicyclic amines) is 1. The van der Waals surface area contributed by atoms with Gasteiger partial charge in [0.05, 0.1) is 22.5 Å². The summed E-state index contributed by atoms with van der Waals surface area (Å²) in [6, 6.07) is 10.4. The van der Waals surface area contributed by atoms with Crippen LogP contribution in [0.5, 0.6) is 0 Å². The molecule has 0 spiro atoms. The summed E-state index contributed by atoms with van der Waals surface area (Å²) in [7, 11) is 0. The second kappa shape index (κ2) is 9.14. The van der Waals surface area contributed by atoms with Crippen LogP contribution in [-0.2, 0) is 4.79 Å². The molecule has 5 rings (SSSR count). The molecule has 0 radical (unpaired) electrons. The van der Waals surface area contributed by atoms with E-state index in [2.05, 4.69) is 11.6 Å². The van der Waals surface area contributed by atoms with Crippen molar-refractivity contribution in [2.45, 2.75) is 18.9 Å². The minimum atomic E-state index is -0.636. The Kier molecular flexibility index (Phi) is 5.85. The van der Waals surface area contributed by atoms with E-state index in [0.717, 1.165) is 24.1 Å². The third kappa shape index (κ3) is 4.02. The summed E-state index contributed by atoms with van der Waals surface area (Å²) in [5.74, 6) is -0.551. The van der Waals surface area contributed by atoms with Crippen molar-refractivity contribution in [1.82, 2.24) is 24.2 Å². The molecule has 1 fully saturated rings. The number of anilines is 1. The van der Waals surface area contributed by atoms with E-state index in [9.17, 15) is 14.4 Å². The maximum atomic E-state index is 12.3. The quantitative estimate of drug-likeness (QED) is 0.417. The fourth-order valence-corrected chi connectivity index (χ4v) is 4.70. The van der Waals surface area contributed by atoms with Crippen LogP contribution in [0.1, 0.15) is 29.2 Å². The fraction of sp³-hybridized carbons (Fsp3) is 0.192. The first-order valence-corrected chi connectivity index (χ1v) is 11.5. The third-order valence-corrected chi connectivity index (χ3v) is 6.49. The van der Waals surface area contributed by atoms with E-state index in [-0.39, 0.29) is 28.8 Å². The summed E-state index contributed by atoms with van der Waals surface area (Å²) in [4.78, 5) is 42.0. The zero-order valence-corrected chi connectivity index (χ0v) is 19.5. The van der Waals surface area contributed by atoms with Gasteiger partial charge in [0.2, 0.25) is 5.91 Å². The minimum absolute atomic E-state index is 0.0656. The number of nitrogens with two attached hydrogens (primary N) is 2. The molecule has 1 saturated heterocycles. The molecule has 3 aromatic heterocycles. The Morgan fingerprint density at radius 3 is 2.50 bits per heavy atom. The van der Waals surface area contributed by atoms with E-state index < -0.39 is 5.91 Å². The highest BCUT2D eigenvalue weighted by molar-refractivity contribution is 6.11. The van der Waals surface area contributed by atoms with Crippen LogP contribution in [0.2, 0.25) is 0 Å². The molecule has 10 nitrogen and oxygen atoms in total. The fourth-order valence-electron chi connectivity index (χ4n) is 4.70. The molecule has 1 atom stereocenters. The lowest BCUT2D eigenvalue weighted by atomic mass is 10.0. The van der Waals surface area contributed by atoms with Gasteiger partial charge in [-0.25, -0.2) is 4.98 Å². The van der Waals surface area contributed by atoms with Crippen LogP contribution in [0.15, 0.2) is 72.4 Å². The SMILES string of the molecule is C=CC(=O)N1CCC[C@@H](n2nc(-c3ccc(-n4ccc(=O)cc4)cc3)c3c(N)ncc(C(N)=O)c32)C1. The first-order valence-electron chi connectivity index (χ1n) is 11.5. The smallest absolute Gasteiger partial charge is 0.252 e. The van der Waals surface area contributed by atoms with Crippen LogP contribution in [0, 0.1) is 0 Å². The Morgan fingerprint density at radius 1 is 1.11 bits per heavy atom. The molecular formula is C26H25N7O3. The number of aromatic nitrogens is 4. The largest absolute Gasteiger partial charge is 0.383 e. The minimum Gasteiger partial charge on any atom is -0.383 e. The van der Waals surface area contributed by atoms with Crippen LogP contribution in [0.3, 0.4) is 0 Å². The Labute approximate surface area is 206 Å². The van der Waals surface area contributed by atoms with Crippen molar-refractivity contribution in [2.24, 2.45) is 5.73 Å². The lowest BCUT2D eigenvalue weighted by Crippen LogP contribution is -2.40. The number of primary amides is 1.